The monoisotopic (exact) mass is 332 g/mol. The Morgan fingerprint density at radius 2 is 1.67 bits per heavy atom. The van der Waals surface area contributed by atoms with Crippen LogP contribution in [0, 0.1) is 17.7 Å². The normalized spacial score (nSPS) is 27.8. The second kappa shape index (κ2) is 8.66. The Hall–Kier alpha value is -1.35. The third kappa shape index (κ3) is 4.60. The molecule has 0 N–H and O–H groups in total. The number of methoxy groups -OCH3 is 1. The summed E-state index contributed by atoms with van der Waals surface area (Å²) in [5.74, 6) is 1.56. The lowest BCUT2D eigenvalue weighted by atomic mass is 9.72. The fraction of sp³-hybridized carbons (Fsp3) is 0.619. The summed E-state index contributed by atoms with van der Waals surface area (Å²) in [7, 11) is 1.74. The number of benzene rings is 1. The lowest BCUT2D eigenvalue weighted by Gasteiger charge is -2.36. The van der Waals surface area contributed by atoms with E-state index in [1.54, 1.807) is 13.2 Å². The number of rotatable bonds is 5. The lowest BCUT2D eigenvalue weighted by molar-refractivity contribution is -0.00200. The van der Waals surface area contributed by atoms with E-state index in [0.29, 0.717) is 18.3 Å². The molecule has 2 saturated carbocycles. The van der Waals surface area contributed by atoms with Crippen LogP contribution in [0.1, 0.15) is 56.9 Å². The summed E-state index contributed by atoms with van der Waals surface area (Å²) in [5.41, 5.74) is 2.14. The molecule has 2 nitrogen and oxygen atoms in total. The second-order valence-corrected chi connectivity index (χ2v) is 7.29. The molecule has 0 saturated heterocycles. The minimum atomic E-state index is -0.159. The zero-order chi connectivity index (χ0) is 16.8. The van der Waals surface area contributed by atoms with E-state index in [1.807, 2.05) is 18.4 Å². The SMILES string of the molecule is COC=C1CCC(C2CCC(OCc3ccccc3F)CC2)CC1. The molecular formula is C21H29FO2. The van der Waals surface area contributed by atoms with Crippen molar-refractivity contribution >= 4 is 0 Å². The summed E-state index contributed by atoms with van der Waals surface area (Å²) in [6, 6.07) is 6.91. The molecule has 24 heavy (non-hydrogen) atoms. The molecular weight excluding hydrogens is 303 g/mol. The second-order valence-electron chi connectivity index (χ2n) is 7.29. The zero-order valence-electron chi connectivity index (χ0n) is 14.7. The van der Waals surface area contributed by atoms with Gasteiger partial charge >= 0.3 is 0 Å². The van der Waals surface area contributed by atoms with Crippen LogP contribution in [0.5, 0.6) is 0 Å². The smallest absolute Gasteiger partial charge is 0.128 e. The van der Waals surface area contributed by atoms with E-state index < -0.39 is 0 Å². The molecule has 2 aliphatic carbocycles. The van der Waals surface area contributed by atoms with Gasteiger partial charge in [-0.2, -0.15) is 0 Å². The molecule has 2 fully saturated rings. The van der Waals surface area contributed by atoms with Crippen LogP contribution in [0.2, 0.25) is 0 Å². The van der Waals surface area contributed by atoms with Gasteiger partial charge in [-0.25, -0.2) is 4.39 Å². The Kier molecular flexibility index (Phi) is 6.30. The summed E-state index contributed by atoms with van der Waals surface area (Å²) in [6.45, 7) is 0.399. The fourth-order valence-corrected chi connectivity index (χ4v) is 4.32. The van der Waals surface area contributed by atoms with Crippen LogP contribution in [-0.4, -0.2) is 13.2 Å². The van der Waals surface area contributed by atoms with E-state index in [1.165, 1.54) is 50.2 Å². The van der Waals surface area contributed by atoms with Crippen molar-refractivity contribution < 1.29 is 13.9 Å². The first-order chi connectivity index (χ1) is 11.8. The third-order valence-corrected chi connectivity index (χ3v) is 5.77. The van der Waals surface area contributed by atoms with Crippen molar-refractivity contribution in [3.05, 3.63) is 47.5 Å². The van der Waals surface area contributed by atoms with Gasteiger partial charge in [0.2, 0.25) is 0 Å². The molecule has 0 radical (unpaired) electrons. The molecule has 1 aromatic rings. The van der Waals surface area contributed by atoms with Crippen molar-refractivity contribution in [1.29, 1.82) is 0 Å². The standard InChI is InChI=1S/C21H29FO2/c1-23-14-16-6-8-17(9-7-16)18-10-12-20(13-11-18)24-15-19-4-2-3-5-21(19)22/h2-5,14,17-18,20H,6-13,15H2,1H3. The first kappa shape index (κ1) is 17.5. The summed E-state index contributed by atoms with van der Waals surface area (Å²) in [5, 5.41) is 0. The van der Waals surface area contributed by atoms with Gasteiger partial charge in [0.25, 0.3) is 0 Å². The molecule has 0 atom stereocenters. The van der Waals surface area contributed by atoms with E-state index in [-0.39, 0.29) is 5.82 Å². The van der Waals surface area contributed by atoms with Crippen molar-refractivity contribution in [2.24, 2.45) is 11.8 Å². The molecule has 132 valence electrons. The lowest BCUT2D eigenvalue weighted by Crippen LogP contribution is -2.27. The highest BCUT2D eigenvalue weighted by atomic mass is 19.1. The van der Waals surface area contributed by atoms with Crippen LogP contribution < -0.4 is 0 Å². The van der Waals surface area contributed by atoms with Gasteiger partial charge in [0.1, 0.15) is 5.82 Å². The number of allylic oxidation sites excluding steroid dienone is 1. The van der Waals surface area contributed by atoms with Gasteiger partial charge in [-0.15, -0.1) is 0 Å². The van der Waals surface area contributed by atoms with Crippen molar-refractivity contribution in [3.63, 3.8) is 0 Å². The summed E-state index contributed by atoms with van der Waals surface area (Å²) < 4.78 is 24.8. The van der Waals surface area contributed by atoms with Crippen LogP contribution in [0.3, 0.4) is 0 Å². The van der Waals surface area contributed by atoms with E-state index in [2.05, 4.69) is 0 Å². The van der Waals surface area contributed by atoms with Gasteiger partial charge in [0, 0.05) is 5.56 Å². The molecule has 0 spiro atoms. The van der Waals surface area contributed by atoms with Crippen molar-refractivity contribution in [1.82, 2.24) is 0 Å². The summed E-state index contributed by atoms with van der Waals surface area (Å²) in [6.07, 6.45) is 12.0. The molecule has 0 aliphatic heterocycles. The van der Waals surface area contributed by atoms with E-state index in [0.717, 1.165) is 24.7 Å². The predicted molar refractivity (Wildman–Crippen MR) is 94.0 cm³/mol. The van der Waals surface area contributed by atoms with E-state index >= 15 is 0 Å². The average Bonchev–Trinajstić information content (AvgIpc) is 2.63. The Balaban J connectivity index is 1.40. The topological polar surface area (TPSA) is 18.5 Å². The number of hydrogen-bond acceptors (Lipinski definition) is 2. The Morgan fingerprint density at radius 3 is 2.33 bits per heavy atom. The largest absolute Gasteiger partial charge is 0.504 e. The first-order valence-corrected chi connectivity index (χ1v) is 9.32. The number of hydrogen-bond donors (Lipinski definition) is 0. The molecule has 3 heteroatoms. The van der Waals surface area contributed by atoms with Crippen LogP contribution >= 0.6 is 0 Å². The zero-order valence-corrected chi connectivity index (χ0v) is 14.7. The molecule has 0 amide bonds. The highest BCUT2D eigenvalue weighted by Gasteiger charge is 2.29. The van der Waals surface area contributed by atoms with Crippen LogP contribution in [0.4, 0.5) is 4.39 Å². The molecule has 0 bridgehead atoms. The third-order valence-electron chi connectivity index (χ3n) is 5.77. The number of halogens is 1. The van der Waals surface area contributed by atoms with Gasteiger partial charge in [-0.3, -0.25) is 0 Å². The Morgan fingerprint density at radius 1 is 1.00 bits per heavy atom. The summed E-state index contributed by atoms with van der Waals surface area (Å²) >= 11 is 0. The molecule has 1 aromatic carbocycles. The summed E-state index contributed by atoms with van der Waals surface area (Å²) in [4.78, 5) is 0. The van der Waals surface area contributed by atoms with Gasteiger partial charge in [0.05, 0.1) is 26.1 Å². The van der Waals surface area contributed by atoms with Crippen LogP contribution in [-0.2, 0) is 16.1 Å². The van der Waals surface area contributed by atoms with Gasteiger partial charge in [0.15, 0.2) is 0 Å². The number of ether oxygens (including phenoxy) is 2. The van der Waals surface area contributed by atoms with Gasteiger partial charge in [-0.1, -0.05) is 18.2 Å². The maximum Gasteiger partial charge on any atom is 0.128 e. The molecule has 2 aliphatic rings. The van der Waals surface area contributed by atoms with Crippen molar-refractivity contribution in [2.75, 3.05) is 7.11 Å². The van der Waals surface area contributed by atoms with Crippen molar-refractivity contribution in [3.8, 4) is 0 Å². The Bertz CT molecular complexity index is 537. The molecule has 0 heterocycles. The van der Waals surface area contributed by atoms with Crippen LogP contribution in [0.25, 0.3) is 0 Å². The molecule has 3 rings (SSSR count). The van der Waals surface area contributed by atoms with Crippen LogP contribution in [0.15, 0.2) is 36.1 Å². The Labute approximate surface area is 145 Å². The average molecular weight is 332 g/mol. The minimum Gasteiger partial charge on any atom is -0.504 e. The maximum atomic E-state index is 13.6. The first-order valence-electron chi connectivity index (χ1n) is 9.32. The fourth-order valence-electron chi connectivity index (χ4n) is 4.32. The minimum absolute atomic E-state index is 0.159. The van der Waals surface area contributed by atoms with Gasteiger partial charge < -0.3 is 9.47 Å². The van der Waals surface area contributed by atoms with Crippen molar-refractivity contribution in [2.45, 2.75) is 64.1 Å². The molecule has 0 aromatic heterocycles. The molecule has 0 unspecified atom stereocenters. The highest BCUT2D eigenvalue weighted by Crippen LogP contribution is 2.40. The highest BCUT2D eigenvalue weighted by molar-refractivity contribution is 5.16. The maximum absolute atomic E-state index is 13.6. The van der Waals surface area contributed by atoms with Gasteiger partial charge in [-0.05, 0) is 74.8 Å². The van der Waals surface area contributed by atoms with E-state index in [9.17, 15) is 4.39 Å². The van der Waals surface area contributed by atoms with E-state index in [4.69, 9.17) is 9.47 Å². The quantitative estimate of drug-likeness (QED) is 0.651. The predicted octanol–water partition coefficient (Wildman–Crippen LogP) is 5.62.